The van der Waals surface area contributed by atoms with Crippen molar-refractivity contribution in [3.8, 4) is 11.5 Å². The zero-order chi connectivity index (χ0) is 18.4. The molecule has 1 aromatic rings. The second-order valence-electron chi connectivity index (χ2n) is 5.73. The SMILES string of the molecule is COc1ccc(C(=O)OCC(=O)N(C)CC(=O)NC2CC2)c(OC)c1. The zero-order valence-corrected chi connectivity index (χ0v) is 14.5. The van der Waals surface area contributed by atoms with Gasteiger partial charge in [0.05, 0.1) is 20.8 Å². The van der Waals surface area contributed by atoms with Gasteiger partial charge in [0.15, 0.2) is 6.61 Å². The second kappa shape index (κ2) is 8.36. The number of nitrogens with one attached hydrogen (secondary N) is 1. The Morgan fingerprint density at radius 3 is 2.52 bits per heavy atom. The number of likely N-dealkylation sites (N-methyl/N-ethyl adjacent to an activating group) is 1. The van der Waals surface area contributed by atoms with Crippen molar-refractivity contribution in [3.63, 3.8) is 0 Å². The Morgan fingerprint density at radius 1 is 1.20 bits per heavy atom. The summed E-state index contributed by atoms with van der Waals surface area (Å²) in [5.74, 6) is -0.559. The van der Waals surface area contributed by atoms with Crippen LogP contribution >= 0.6 is 0 Å². The van der Waals surface area contributed by atoms with Crippen molar-refractivity contribution < 1.29 is 28.6 Å². The lowest BCUT2D eigenvalue weighted by Gasteiger charge is -2.17. The summed E-state index contributed by atoms with van der Waals surface area (Å²) in [6, 6.07) is 4.87. The minimum atomic E-state index is -0.691. The highest BCUT2D eigenvalue weighted by Crippen LogP contribution is 2.25. The van der Waals surface area contributed by atoms with Crippen molar-refractivity contribution in [1.82, 2.24) is 10.2 Å². The van der Waals surface area contributed by atoms with Gasteiger partial charge in [-0.2, -0.15) is 0 Å². The molecule has 1 saturated carbocycles. The predicted molar refractivity (Wildman–Crippen MR) is 88.6 cm³/mol. The fraction of sp³-hybridized carbons (Fsp3) is 0.471. The summed E-state index contributed by atoms with van der Waals surface area (Å²) in [6.45, 7) is -0.528. The average Bonchev–Trinajstić information content (AvgIpc) is 3.42. The molecule has 0 saturated heterocycles. The molecule has 0 aliphatic heterocycles. The van der Waals surface area contributed by atoms with Crippen LogP contribution in [0.3, 0.4) is 0 Å². The van der Waals surface area contributed by atoms with Crippen molar-refractivity contribution in [1.29, 1.82) is 0 Å². The molecule has 0 bridgehead atoms. The van der Waals surface area contributed by atoms with E-state index in [0.29, 0.717) is 5.75 Å². The summed E-state index contributed by atoms with van der Waals surface area (Å²) >= 11 is 0. The summed E-state index contributed by atoms with van der Waals surface area (Å²) in [5.41, 5.74) is 0.185. The van der Waals surface area contributed by atoms with Crippen LogP contribution in [0.25, 0.3) is 0 Å². The van der Waals surface area contributed by atoms with Gasteiger partial charge in [-0.05, 0) is 25.0 Å². The van der Waals surface area contributed by atoms with Crippen molar-refractivity contribution in [2.45, 2.75) is 18.9 Å². The molecule has 1 aromatic carbocycles. The quantitative estimate of drug-likeness (QED) is 0.690. The number of benzene rings is 1. The molecule has 0 spiro atoms. The lowest BCUT2D eigenvalue weighted by atomic mass is 10.2. The van der Waals surface area contributed by atoms with E-state index in [0.717, 1.165) is 12.8 Å². The largest absolute Gasteiger partial charge is 0.497 e. The molecule has 25 heavy (non-hydrogen) atoms. The van der Waals surface area contributed by atoms with Crippen molar-refractivity contribution in [2.75, 3.05) is 34.4 Å². The minimum absolute atomic E-state index is 0.0707. The van der Waals surface area contributed by atoms with Gasteiger partial charge in [-0.3, -0.25) is 9.59 Å². The van der Waals surface area contributed by atoms with Gasteiger partial charge in [0.25, 0.3) is 5.91 Å². The molecular weight excluding hydrogens is 328 g/mol. The lowest BCUT2D eigenvalue weighted by Crippen LogP contribution is -2.40. The van der Waals surface area contributed by atoms with Crippen LogP contribution in [0, 0.1) is 0 Å². The van der Waals surface area contributed by atoms with E-state index >= 15 is 0 Å². The molecule has 1 fully saturated rings. The summed E-state index contributed by atoms with van der Waals surface area (Å²) in [7, 11) is 4.40. The number of methoxy groups -OCH3 is 2. The monoisotopic (exact) mass is 350 g/mol. The molecular formula is C17H22N2O6. The second-order valence-corrected chi connectivity index (χ2v) is 5.73. The Kier molecular flexibility index (Phi) is 6.21. The molecule has 1 aliphatic rings. The van der Waals surface area contributed by atoms with Gasteiger partial charge < -0.3 is 24.4 Å². The summed E-state index contributed by atoms with van der Waals surface area (Å²) in [6.07, 6.45) is 1.95. The van der Waals surface area contributed by atoms with Gasteiger partial charge in [-0.25, -0.2) is 4.79 Å². The van der Waals surface area contributed by atoms with Gasteiger partial charge in [0, 0.05) is 19.2 Å². The molecule has 8 heteroatoms. The number of hydrogen-bond donors (Lipinski definition) is 1. The number of amides is 2. The van der Waals surface area contributed by atoms with Gasteiger partial charge in [0.1, 0.15) is 17.1 Å². The Labute approximate surface area is 146 Å². The molecule has 1 N–H and O–H groups in total. The molecule has 136 valence electrons. The van der Waals surface area contributed by atoms with E-state index < -0.39 is 18.5 Å². The number of carbonyl (C=O) groups is 3. The van der Waals surface area contributed by atoms with Crippen LogP contribution in [0.4, 0.5) is 0 Å². The van der Waals surface area contributed by atoms with Gasteiger partial charge in [-0.15, -0.1) is 0 Å². The first-order valence-corrected chi connectivity index (χ1v) is 7.87. The van der Waals surface area contributed by atoms with E-state index in [2.05, 4.69) is 5.32 Å². The molecule has 2 rings (SSSR count). The number of rotatable bonds is 8. The maximum Gasteiger partial charge on any atom is 0.342 e. The van der Waals surface area contributed by atoms with E-state index in [-0.39, 0.29) is 29.8 Å². The summed E-state index contributed by atoms with van der Waals surface area (Å²) in [4.78, 5) is 37.0. The van der Waals surface area contributed by atoms with E-state index in [1.54, 1.807) is 12.1 Å². The van der Waals surface area contributed by atoms with Crippen molar-refractivity contribution in [2.24, 2.45) is 0 Å². The molecule has 0 aromatic heterocycles. The van der Waals surface area contributed by atoms with Gasteiger partial charge in [-0.1, -0.05) is 0 Å². The predicted octanol–water partition coefficient (Wildman–Crippen LogP) is 0.598. The maximum atomic E-state index is 12.1. The van der Waals surface area contributed by atoms with Crippen molar-refractivity contribution >= 4 is 17.8 Å². The third-order valence-electron chi connectivity index (χ3n) is 3.70. The first-order valence-electron chi connectivity index (χ1n) is 7.87. The molecule has 1 aliphatic carbocycles. The highest BCUT2D eigenvalue weighted by atomic mass is 16.5. The number of esters is 1. The standard InChI is InChI=1S/C17H22N2O6/c1-19(9-15(20)18-11-4-5-11)16(21)10-25-17(22)13-7-6-12(23-2)8-14(13)24-3/h6-8,11H,4-5,9-10H2,1-3H3,(H,18,20). The summed E-state index contributed by atoms with van der Waals surface area (Å²) < 4.78 is 15.2. The molecule has 8 nitrogen and oxygen atoms in total. The molecule has 0 unspecified atom stereocenters. The van der Waals surface area contributed by atoms with Crippen molar-refractivity contribution in [3.05, 3.63) is 23.8 Å². The van der Waals surface area contributed by atoms with E-state index in [1.165, 1.54) is 32.2 Å². The van der Waals surface area contributed by atoms with Crippen LogP contribution in [-0.4, -0.2) is 63.1 Å². The number of hydrogen-bond acceptors (Lipinski definition) is 6. The van der Waals surface area contributed by atoms with Crippen LogP contribution in [-0.2, 0) is 14.3 Å². The topological polar surface area (TPSA) is 94.2 Å². The first kappa shape index (κ1) is 18.6. The molecule has 0 atom stereocenters. The number of carbonyl (C=O) groups excluding carboxylic acids is 3. The first-order chi connectivity index (χ1) is 11.9. The van der Waals surface area contributed by atoms with E-state index in [1.807, 2.05) is 0 Å². The van der Waals surface area contributed by atoms with Crippen LogP contribution < -0.4 is 14.8 Å². The van der Waals surface area contributed by atoms with Crippen LogP contribution in [0.15, 0.2) is 18.2 Å². The Hall–Kier alpha value is -2.77. The van der Waals surface area contributed by atoms with Gasteiger partial charge >= 0.3 is 5.97 Å². The van der Waals surface area contributed by atoms with Crippen LogP contribution in [0.1, 0.15) is 23.2 Å². The number of nitrogens with zero attached hydrogens (tertiary/aromatic N) is 1. The average molecular weight is 350 g/mol. The summed E-state index contributed by atoms with van der Waals surface area (Å²) in [5, 5.41) is 2.79. The number of ether oxygens (including phenoxy) is 3. The highest BCUT2D eigenvalue weighted by Gasteiger charge is 2.24. The fourth-order valence-electron chi connectivity index (χ4n) is 2.09. The normalized spacial score (nSPS) is 12.9. The fourth-order valence-corrected chi connectivity index (χ4v) is 2.09. The molecule has 0 heterocycles. The minimum Gasteiger partial charge on any atom is -0.497 e. The highest BCUT2D eigenvalue weighted by molar-refractivity contribution is 5.94. The third-order valence-corrected chi connectivity index (χ3v) is 3.70. The lowest BCUT2D eigenvalue weighted by molar-refractivity contribution is -0.137. The van der Waals surface area contributed by atoms with Crippen LogP contribution in [0.5, 0.6) is 11.5 Å². The maximum absolute atomic E-state index is 12.1. The van der Waals surface area contributed by atoms with E-state index in [9.17, 15) is 14.4 Å². The third kappa shape index (κ3) is 5.37. The zero-order valence-electron chi connectivity index (χ0n) is 14.5. The smallest absolute Gasteiger partial charge is 0.342 e. The Bertz CT molecular complexity index is 657. The molecule has 2 amide bonds. The van der Waals surface area contributed by atoms with Crippen LogP contribution in [0.2, 0.25) is 0 Å². The van der Waals surface area contributed by atoms with Gasteiger partial charge in [0.2, 0.25) is 5.91 Å². The molecule has 0 radical (unpaired) electrons. The van der Waals surface area contributed by atoms with E-state index in [4.69, 9.17) is 14.2 Å². The Balaban J connectivity index is 1.85. The Morgan fingerprint density at radius 2 is 1.92 bits per heavy atom.